The van der Waals surface area contributed by atoms with E-state index < -0.39 is 0 Å². The van der Waals surface area contributed by atoms with Crippen LogP contribution < -0.4 is 9.64 Å². The molecule has 0 amide bonds. The first-order valence-corrected chi connectivity index (χ1v) is 13.5. The first kappa shape index (κ1) is 24.0. The van der Waals surface area contributed by atoms with Crippen molar-refractivity contribution < 1.29 is 9.84 Å². The van der Waals surface area contributed by atoms with E-state index in [1.165, 1.54) is 27.8 Å². The van der Waals surface area contributed by atoms with E-state index in [0.29, 0.717) is 18.9 Å². The summed E-state index contributed by atoms with van der Waals surface area (Å²) in [6, 6.07) is 26.9. The van der Waals surface area contributed by atoms with Crippen molar-refractivity contribution in [2.24, 2.45) is 0 Å². The fraction of sp³-hybridized carbons (Fsp3) is 0.344. The Bertz CT molecular complexity index is 1350. The zero-order chi connectivity index (χ0) is 25.2. The number of aliphatic hydroxyl groups is 1. The van der Waals surface area contributed by atoms with Gasteiger partial charge in [-0.3, -0.25) is 4.90 Å². The van der Waals surface area contributed by atoms with Gasteiger partial charge in [0, 0.05) is 44.6 Å². The van der Waals surface area contributed by atoms with Crippen LogP contribution in [-0.4, -0.2) is 54.4 Å². The third-order valence-corrected chi connectivity index (χ3v) is 7.84. The molecule has 0 bridgehead atoms. The molecule has 6 rings (SSSR count). The van der Waals surface area contributed by atoms with Gasteiger partial charge in [-0.25, -0.2) is 4.98 Å². The highest BCUT2D eigenvalue weighted by Crippen LogP contribution is 2.38. The fourth-order valence-electron chi connectivity index (χ4n) is 5.94. The van der Waals surface area contributed by atoms with Crippen LogP contribution in [0.4, 0.5) is 5.69 Å². The minimum Gasteiger partial charge on any atom is -0.476 e. The van der Waals surface area contributed by atoms with Crippen molar-refractivity contribution in [2.75, 3.05) is 44.3 Å². The molecule has 190 valence electrons. The molecule has 0 spiro atoms. The number of pyridine rings is 1. The van der Waals surface area contributed by atoms with Gasteiger partial charge in [0.25, 0.3) is 0 Å². The largest absolute Gasteiger partial charge is 0.476 e. The molecule has 3 aromatic carbocycles. The normalized spacial score (nSPS) is 16.3. The van der Waals surface area contributed by atoms with Crippen LogP contribution in [0.2, 0.25) is 0 Å². The predicted octanol–water partition coefficient (Wildman–Crippen LogP) is 5.31. The lowest BCUT2D eigenvalue weighted by Crippen LogP contribution is -2.48. The average Bonchev–Trinajstić information content (AvgIpc) is 3.10. The van der Waals surface area contributed by atoms with E-state index in [-0.39, 0.29) is 12.6 Å². The summed E-state index contributed by atoms with van der Waals surface area (Å²) in [5.74, 6) is 0.670. The molecule has 5 heteroatoms. The maximum Gasteiger partial charge on any atom is 0.238 e. The lowest BCUT2D eigenvalue weighted by Gasteiger charge is -2.41. The van der Waals surface area contributed by atoms with Crippen LogP contribution in [0.5, 0.6) is 5.88 Å². The highest BCUT2D eigenvalue weighted by molar-refractivity contribution is 5.84. The molecule has 1 aliphatic heterocycles. The monoisotopic (exact) mass is 493 g/mol. The van der Waals surface area contributed by atoms with Crippen LogP contribution in [-0.2, 0) is 12.8 Å². The molecule has 2 aliphatic rings. The van der Waals surface area contributed by atoms with Crippen LogP contribution in [0.1, 0.15) is 40.3 Å². The summed E-state index contributed by atoms with van der Waals surface area (Å²) in [5, 5.41) is 10.4. The summed E-state index contributed by atoms with van der Waals surface area (Å²) in [6.45, 7) is 6.46. The van der Waals surface area contributed by atoms with Crippen LogP contribution in [0.25, 0.3) is 10.9 Å². The van der Waals surface area contributed by atoms with Gasteiger partial charge in [-0.2, -0.15) is 0 Å². The topological polar surface area (TPSA) is 48.8 Å². The van der Waals surface area contributed by atoms with Crippen molar-refractivity contribution in [2.45, 2.75) is 32.2 Å². The molecule has 37 heavy (non-hydrogen) atoms. The standard InChI is InChI=1S/C32H35N3O2/c1-23-11-14-29-26(21-23)22-30(32(33-29)37-20-6-19-36)34-15-17-35(18-16-34)31-27-9-4-2-7-24(27)12-13-25-8-3-5-10-28(25)31/h2-5,7-11,14,21-22,31,36H,6,12-13,15-20H2,1H3. The number of aromatic nitrogens is 1. The summed E-state index contributed by atoms with van der Waals surface area (Å²) < 4.78 is 6.10. The van der Waals surface area contributed by atoms with Crippen molar-refractivity contribution >= 4 is 16.6 Å². The van der Waals surface area contributed by atoms with E-state index >= 15 is 0 Å². The lowest BCUT2D eigenvalue weighted by molar-refractivity contribution is 0.209. The molecule has 0 radical (unpaired) electrons. The maximum atomic E-state index is 9.26. The SMILES string of the molecule is Cc1ccc2nc(OCCCO)c(N3CCN(C4c5ccccc5CCc5ccccc54)CC3)cc2c1. The third kappa shape index (κ3) is 4.81. The predicted molar refractivity (Wildman–Crippen MR) is 150 cm³/mol. The molecular weight excluding hydrogens is 458 g/mol. The summed E-state index contributed by atoms with van der Waals surface area (Å²) in [7, 11) is 0. The van der Waals surface area contributed by atoms with Gasteiger partial charge >= 0.3 is 0 Å². The van der Waals surface area contributed by atoms with E-state index in [4.69, 9.17) is 9.72 Å². The molecule has 1 aromatic heterocycles. The molecule has 0 atom stereocenters. The summed E-state index contributed by atoms with van der Waals surface area (Å²) >= 11 is 0. The Morgan fingerprint density at radius 1 is 0.865 bits per heavy atom. The number of anilines is 1. The van der Waals surface area contributed by atoms with Crippen molar-refractivity contribution in [3.05, 3.63) is 101 Å². The zero-order valence-corrected chi connectivity index (χ0v) is 21.6. The molecule has 1 fully saturated rings. The number of nitrogens with zero attached hydrogens (tertiary/aromatic N) is 3. The highest BCUT2D eigenvalue weighted by Gasteiger charge is 2.31. The van der Waals surface area contributed by atoms with Crippen LogP contribution >= 0.6 is 0 Å². The number of aliphatic hydroxyl groups excluding tert-OH is 1. The molecular formula is C32H35N3O2. The summed E-state index contributed by atoms with van der Waals surface area (Å²) in [4.78, 5) is 9.97. The van der Waals surface area contributed by atoms with Crippen LogP contribution in [0, 0.1) is 6.92 Å². The van der Waals surface area contributed by atoms with Crippen molar-refractivity contribution in [3.8, 4) is 5.88 Å². The maximum absolute atomic E-state index is 9.26. The second-order valence-corrected chi connectivity index (χ2v) is 10.3. The van der Waals surface area contributed by atoms with Crippen LogP contribution in [0.15, 0.2) is 72.8 Å². The van der Waals surface area contributed by atoms with Gasteiger partial charge in [0.1, 0.15) is 5.69 Å². The number of fused-ring (bicyclic) bond motifs is 3. The average molecular weight is 494 g/mol. The Morgan fingerprint density at radius 3 is 2.22 bits per heavy atom. The number of piperazine rings is 1. The van der Waals surface area contributed by atoms with Gasteiger partial charge < -0.3 is 14.7 Å². The first-order valence-electron chi connectivity index (χ1n) is 13.5. The smallest absolute Gasteiger partial charge is 0.238 e. The van der Waals surface area contributed by atoms with E-state index in [9.17, 15) is 5.11 Å². The van der Waals surface area contributed by atoms with Gasteiger partial charge in [0.2, 0.25) is 5.88 Å². The molecule has 2 heterocycles. The lowest BCUT2D eigenvalue weighted by atomic mass is 9.92. The minimum atomic E-state index is 0.116. The van der Waals surface area contributed by atoms with E-state index in [1.807, 2.05) is 0 Å². The quantitative estimate of drug-likeness (QED) is 0.369. The van der Waals surface area contributed by atoms with E-state index in [1.54, 1.807) is 0 Å². The van der Waals surface area contributed by atoms with Crippen LogP contribution in [0.3, 0.4) is 0 Å². The fourth-order valence-corrected chi connectivity index (χ4v) is 5.94. The Balaban J connectivity index is 1.30. The highest BCUT2D eigenvalue weighted by atomic mass is 16.5. The number of hydrogen-bond donors (Lipinski definition) is 1. The first-order chi connectivity index (χ1) is 18.2. The van der Waals surface area contributed by atoms with Gasteiger partial charge in [0.15, 0.2) is 0 Å². The second-order valence-electron chi connectivity index (χ2n) is 10.3. The number of aryl methyl sites for hydroxylation is 3. The van der Waals surface area contributed by atoms with E-state index in [2.05, 4.69) is 89.5 Å². The molecule has 5 nitrogen and oxygen atoms in total. The van der Waals surface area contributed by atoms with E-state index in [0.717, 1.165) is 55.6 Å². The van der Waals surface area contributed by atoms with Gasteiger partial charge in [-0.05, 0) is 60.2 Å². The number of hydrogen-bond acceptors (Lipinski definition) is 5. The van der Waals surface area contributed by atoms with Crippen molar-refractivity contribution in [1.29, 1.82) is 0 Å². The Kier molecular flexibility index (Phi) is 6.81. The molecule has 1 saturated heterocycles. The molecule has 4 aromatic rings. The molecule has 1 aliphatic carbocycles. The van der Waals surface area contributed by atoms with Crippen molar-refractivity contribution in [3.63, 3.8) is 0 Å². The van der Waals surface area contributed by atoms with Gasteiger partial charge in [-0.1, -0.05) is 60.2 Å². The summed E-state index contributed by atoms with van der Waals surface area (Å²) in [5.41, 5.74) is 9.08. The third-order valence-electron chi connectivity index (χ3n) is 7.84. The number of benzene rings is 3. The van der Waals surface area contributed by atoms with Crippen molar-refractivity contribution in [1.82, 2.24) is 9.88 Å². The molecule has 0 unspecified atom stereocenters. The zero-order valence-electron chi connectivity index (χ0n) is 21.6. The van der Waals surface area contributed by atoms with Gasteiger partial charge in [0.05, 0.1) is 18.2 Å². The minimum absolute atomic E-state index is 0.116. The second kappa shape index (κ2) is 10.5. The molecule has 1 N–H and O–H groups in total. The van der Waals surface area contributed by atoms with Gasteiger partial charge in [-0.15, -0.1) is 0 Å². The Morgan fingerprint density at radius 2 is 1.54 bits per heavy atom. The number of rotatable bonds is 6. The molecule has 0 saturated carbocycles. The Labute approximate surface area is 219 Å². The Hall–Kier alpha value is -3.41. The number of ether oxygens (including phenoxy) is 1. The summed E-state index contributed by atoms with van der Waals surface area (Å²) in [6.07, 6.45) is 2.79.